The molecule has 0 bridgehead atoms. The summed E-state index contributed by atoms with van der Waals surface area (Å²) < 4.78 is 39.0. The third-order valence-corrected chi connectivity index (χ3v) is 3.54. The minimum atomic E-state index is -4.40. The van der Waals surface area contributed by atoms with Crippen molar-refractivity contribution in [3.05, 3.63) is 23.8 Å². The average Bonchev–Trinajstić information content (AvgIpc) is 2.38. The fourth-order valence-electron chi connectivity index (χ4n) is 2.41. The number of nitrogens with two attached hydrogens (primary N) is 1. The highest BCUT2D eigenvalue weighted by Crippen LogP contribution is 2.38. The molecular weight excluding hydrogens is 257 g/mol. The Morgan fingerprint density at radius 3 is 2.42 bits per heavy atom. The molecule has 2 rings (SSSR count). The Hall–Kier alpha value is -1.43. The summed E-state index contributed by atoms with van der Waals surface area (Å²) >= 11 is 0. The first-order chi connectivity index (χ1) is 8.91. The van der Waals surface area contributed by atoms with Gasteiger partial charge in [-0.3, -0.25) is 0 Å². The van der Waals surface area contributed by atoms with E-state index in [1.54, 1.807) is 4.90 Å². The van der Waals surface area contributed by atoms with Crippen LogP contribution in [0.3, 0.4) is 0 Å². The molecule has 1 fully saturated rings. The van der Waals surface area contributed by atoms with Crippen molar-refractivity contribution in [3.8, 4) is 0 Å². The number of alkyl halides is 3. The lowest BCUT2D eigenvalue weighted by atomic mass is 9.96. The van der Waals surface area contributed by atoms with Crippen LogP contribution in [0, 0.1) is 5.92 Å². The van der Waals surface area contributed by atoms with Crippen LogP contribution >= 0.6 is 0 Å². The van der Waals surface area contributed by atoms with E-state index in [-0.39, 0.29) is 23.9 Å². The first-order valence-corrected chi connectivity index (χ1v) is 6.24. The molecule has 6 heteroatoms. The molecule has 1 aromatic rings. The normalized spacial score (nSPS) is 17.8. The number of hydrogen-bond acceptors (Lipinski definition) is 3. The molecular formula is C13H17F3N2O. The summed E-state index contributed by atoms with van der Waals surface area (Å²) in [7, 11) is 0. The van der Waals surface area contributed by atoms with Gasteiger partial charge in [0.2, 0.25) is 0 Å². The summed E-state index contributed by atoms with van der Waals surface area (Å²) in [5.41, 5.74) is 5.05. The van der Waals surface area contributed by atoms with E-state index >= 15 is 0 Å². The predicted molar refractivity (Wildman–Crippen MR) is 67.9 cm³/mol. The minimum absolute atomic E-state index is 0.0989. The zero-order valence-corrected chi connectivity index (χ0v) is 10.5. The SMILES string of the molecule is Nc1ccc(N2CCC(CO)CC2)c(C(F)(F)F)c1. The van der Waals surface area contributed by atoms with Crippen molar-refractivity contribution in [2.24, 2.45) is 5.92 Å². The van der Waals surface area contributed by atoms with Crippen molar-refractivity contribution < 1.29 is 18.3 Å². The largest absolute Gasteiger partial charge is 0.418 e. The Labute approximate surface area is 109 Å². The number of nitrogen functional groups attached to an aromatic ring is 1. The van der Waals surface area contributed by atoms with Crippen LogP contribution in [0.15, 0.2) is 18.2 Å². The summed E-state index contributed by atoms with van der Waals surface area (Å²) in [5.74, 6) is 0.194. The quantitative estimate of drug-likeness (QED) is 0.815. The Morgan fingerprint density at radius 1 is 1.26 bits per heavy atom. The van der Waals surface area contributed by atoms with Gasteiger partial charge in [0.05, 0.1) is 5.56 Å². The van der Waals surface area contributed by atoms with Crippen molar-refractivity contribution in [3.63, 3.8) is 0 Å². The molecule has 0 spiro atoms. The number of nitrogens with zero attached hydrogens (tertiary/aromatic N) is 1. The van der Waals surface area contributed by atoms with Gasteiger partial charge in [-0.2, -0.15) is 13.2 Å². The highest BCUT2D eigenvalue weighted by atomic mass is 19.4. The molecule has 106 valence electrons. The average molecular weight is 274 g/mol. The van der Waals surface area contributed by atoms with E-state index in [1.165, 1.54) is 12.1 Å². The maximum atomic E-state index is 13.0. The van der Waals surface area contributed by atoms with Gasteiger partial charge < -0.3 is 15.7 Å². The number of aliphatic hydroxyl groups is 1. The standard InChI is InChI=1S/C13H17F3N2O/c14-13(15,16)11-7-10(17)1-2-12(11)18-5-3-9(8-19)4-6-18/h1-2,7,9,19H,3-6,8,17H2. The summed E-state index contributed by atoms with van der Waals surface area (Å²) in [4.78, 5) is 1.72. The van der Waals surface area contributed by atoms with E-state index in [9.17, 15) is 13.2 Å². The summed E-state index contributed by atoms with van der Waals surface area (Å²) in [5, 5.41) is 9.05. The first kappa shape index (κ1) is 14.0. The van der Waals surface area contributed by atoms with Gasteiger partial charge in [0.15, 0.2) is 0 Å². The fourth-order valence-corrected chi connectivity index (χ4v) is 2.41. The highest BCUT2D eigenvalue weighted by molar-refractivity contribution is 5.61. The lowest BCUT2D eigenvalue weighted by Crippen LogP contribution is -2.36. The molecule has 19 heavy (non-hydrogen) atoms. The molecule has 0 atom stereocenters. The molecule has 1 aliphatic rings. The second-order valence-corrected chi connectivity index (χ2v) is 4.89. The number of hydrogen-bond donors (Lipinski definition) is 2. The van der Waals surface area contributed by atoms with Crippen LogP contribution in [0.2, 0.25) is 0 Å². The number of halogens is 3. The molecule has 0 amide bonds. The second-order valence-electron chi connectivity index (χ2n) is 4.89. The summed E-state index contributed by atoms with van der Waals surface area (Å²) in [6, 6.07) is 3.90. The van der Waals surface area contributed by atoms with Crippen LogP contribution < -0.4 is 10.6 Å². The number of benzene rings is 1. The topological polar surface area (TPSA) is 49.5 Å². The third kappa shape index (κ3) is 3.12. The molecule has 1 aliphatic heterocycles. The van der Waals surface area contributed by atoms with E-state index in [4.69, 9.17) is 10.8 Å². The molecule has 1 saturated heterocycles. The minimum Gasteiger partial charge on any atom is -0.399 e. The zero-order valence-electron chi connectivity index (χ0n) is 10.5. The van der Waals surface area contributed by atoms with Gasteiger partial charge in [0, 0.05) is 31.1 Å². The van der Waals surface area contributed by atoms with Gasteiger partial charge in [0.1, 0.15) is 0 Å². The maximum Gasteiger partial charge on any atom is 0.418 e. The lowest BCUT2D eigenvalue weighted by molar-refractivity contribution is -0.137. The van der Waals surface area contributed by atoms with E-state index in [0.717, 1.165) is 6.07 Å². The van der Waals surface area contributed by atoms with E-state index < -0.39 is 11.7 Å². The predicted octanol–water partition coefficient (Wildman–Crippen LogP) is 2.50. The van der Waals surface area contributed by atoms with Crippen LogP contribution in [0.1, 0.15) is 18.4 Å². The number of rotatable bonds is 2. The molecule has 0 saturated carbocycles. The number of anilines is 2. The molecule has 1 aromatic carbocycles. The molecule has 3 N–H and O–H groups in total. The van der Waals surface area contributed by atoms with Crippen LogP contribution in [-0.4, -0.2) is 24.8 Å². The van der Waals surface area contributed by atoms with Crippen molar-refractivity contribution in [1.29, 1.82) is 0 Å². The number of aliphatic hydroxyl groups excluding tert-OH is 1. The molecule has 0 radical (unpaired) electrons. The smallest absolute Gasteiger partial charge is 0.399 e. The van der Waals surface area contributed by atoms with Crippen molar-refractivity contribution in [2.75, 3.05) is 30.3 Å². The van der Waals surface area contributed by atoms with Gasteiger partial charge >= 0.3 is 6.18 Å². The molecule has 0 aromatic heterocycles. The number of piperidine rings is 1. The molecule has 0 unspecified atom stereocenters. The van der Waals surface area contributed by atoms with Crippen molar-refractivity contribution >= 4 is 11.4 Å². The van der Waals surface area contributed by atoms with Gasteiger partial charge in [-0.25, -0.2) is 0 Å². The van der Waals surface area contributed by atoms with Crippen molar-refractivity contribution in [2.45, 2.75) is 19.0 Å². The van der Waals surface area contributed by atoms with Crippen molar-refractivity contribution in [1.82, 2.24) is 0 Å². The molecule has 3 nitrogen and oxygen atoms in total. The van der Waals surface area contributed by atoms with Gasteiger partial charge in [0.25, 0.3) is 0 Å². The molecule has 0 aliphatic carbocycles. The first-order valence-electron chi connectivity index (χ1n) is 6.24. The third-order valence-electron chi connectivity index (χ3n) is 3.54. The Bertz CT molecular complexity index is 440. The highest BCUT2D eigenvalue weighted by Gasteiger charge is 2.35. The lowest BCUT2D eigenvalue weighted by Gasteiger charge is -2.34. The Balaban J connectivity index is 2.25. The summed E-state index contributed by atoms with van der Waals surface area (Å²) in [6.45, 7) is 1.15. The molecule has 1 heterocycles. The van der Waals surface area contributed by atoms with Crippen LogP contribution in [0.25, 0.3) is 0 Å². The fraction of sp³-hybridized carbons (Fsp3) is 0.538. The Kier molecular flexibility index (Phi) is 3.89. The zero-order chi connectivity index (χ0) is 14.0. The van der Waals surface area contributed by atoms with Gasteiger partial charge in [-0.1, -0.05) is 0 Å². The van der Waals surface area contributed by atoms with E-state index in [2.05, 4.69) is 0 Å². The van der Waals surface area contributed by atoms with Gasteiger partial charge in [-0.05, 0) is 37.0 Å². The Morgan fingerprint density at radius 2 is 1.89 bits per heavy atom. The second kappa shape index (κ2) is 5.28. The van der Waals surface area contributed by atoms with Crippen LogP contribution in [-0.2, 0) is 6.18 Å². The summed E-state index contributed by atoms with van der Waals surface area (Å²) in [6.07, 6.45) is -2.99. The maximum absolute atomic E-state index is 13.0. The van der Waals surface area contributed by atoms with E-state index in [0.29, 0.717) is 25.9 Å². The van der Waals surface area contributed by atoms with Crippen LogP contribution in [0.5, 0.6) is 0 Å². The van der Waals surface area contributed by atoms with Crippen LogP contribution in [0.4, 0.5) is 24.5 Å². The van der Waals surface area contributed by atoms with Gasteiger partial charge in [-0.15, -0.1) is 0 Å². The monoisotopic (exact) mass is 274 g/mol. The van der Waals surface area contributed by atoms with E-state index in [1.807, 2.05) is 0 Å².